The molecule has 1 aromatic carbocycles. The molecule has 40 heavy (non-hydrogen) atoms. The summed E-state index contributed by atoms with van der Waals surface area (Å²) in [5.41, 5.74) is 3.13. The lowest BCUT2D eigenvalue weighted by Crippen LogP contribution is -2.65. The van der Waals surface area contributed by atoms with Gasteiger partial charge in [-0.15, -0.1) is 0 Å². The summed E-state index contributed by atoms with van der Waals surface area (Å²) in [6, 6.07) is 0.507. The number of hydrogen-bond acceptors (Lipinski definition) is 9. The van der Waals surface area contributed by atoms with Crippen LogP contribution < -0.4 is 10.5 Å². The van der Waals surface area contributed by atoms with Gasteiger partial charge in [0.25, 0.3) is 5.91 Å². The number of quaternary nitrogens is 1. The average molecular weight is 557 g/mol. The number of hydrogen-bond donors (Lipinski definition) is 5. The molecule has 1 aromatic rings. The fourth-order valence-corrected chi connectivity index (χ4v) is 7.70. The van der Waals surface area contributed by atoms with Crippen molar-refractivity contribution in [3.63, 3.8) is 0 Å². The third-order valence-electron chi connectivity index (χ3n) is 9.57. The average Bonchev–Trinajstić information content (AvgIpc) is 2.85. The van der Waals surface area contributed by atoms with Gasteiger partial charge in [-0.05, 0) is 51.8 Å². The minimum absolute atomic E-state index is 0.0326. The predicted molar refractivity (Wildman–Crippen MR) is 144 cm³/mol. The molecule has 1 saturated carbocycles. The Morgan fingerprint density at radius 1 is 1.18 bits per heavy atom. The van der Waals surface area contributed by atoms with Crippen molar-refractivity contribution in [1.82, 2.24) is 4.90 Å². The van der Waals surface area contributed by atoms with Crippen molar-refractivity contribution in [1.29, 1.82) is 0 Å². The number of rotatable bonds is 4. The molecule has 11 heteroatoms. The lowest BCUT2D eigenvalue weighted by Gasteiger charge is -2.50. The van der Waals surface area contributed by atoms with Crippen molar-refractivity contribution in [3.05, 3.63) is 39.7 Å². The number of benzene rings is 1. The van der Waals surface area contributed by atoms with Crippen LogP contribution in [0, 0.1) is 11.8 Å². The van der Waals surface area contributed by atoms with E-state index in [2.05, 4.69) is 14.1 Å². The van der Waals surface area contributed by atoms with Gasteiger partial charge in [-0.2, -0.15) is 0 Å². The monoisotopic (exact) mass is 556 g/mol. The van der Waals surface area contributed by atoms with Crippen LogP contribution in [0.3, 0.4) is 0 Å². The Kier molecular flexibility index (Phi) is 6.56. The van der Waals surface area contributed by atoms with E-state index in [0.717, 1.165) is 31.4 Å². The summed E-state index contributed by atoms with van der Waals surface area (Å²) in [6.45, 7) is 0.961. The zero-order valence-corrected chi connectivity index (χ0v) is 23.5. The molecule has 216 valence electrons. The fourth-order valence-electron chi connectivity index (χ4n) is 7.70. The van der Waals surface area contributed by atoms with Crippen molar-refractivity contribution in [2.45, 2.75) is 49.8 Å². The van der Waals surface area contributed by atoms with Crippen LogP contribution in [0.15, 0.2) is 23.0 Å². The third-order valence-corrected chi connectivity index (χ3v) is 9.57. The van der Waals surface area contributed by atoms with Crippen LogP contribution in [0.1, 0.15) is 48.4 Å². The van der Waals surface area contributed by atoms with Crippen LogP contribution in [0.25, 0.3) is 5.76 Å². The molecule has 3 aliphatic carbocycles. The smallest absolute Gasteiger partial charge is 0.255 e. The number of aliphatic hydroxyl groups is 3. The minimum Gasteiger partial charge on any atom is -0.508 e. The first-order valence-electron chi connectivity index (χ1n) is 13.6. The van der Waals surface area contributed by atoms with E-state index in [1.807, 2.05) is 0 Å². The molecular weight excluding hydrogens is 518 g/mol. The summed E-state index contributed by atoms with van der Waals surface area (Å²) in [7, 11) is 8.96. The predicted octanol–water partition coefficient (Wildman–Crippen LogP) is 1.27. The number of nitrogens with two attached hydrogens (primary N) is 1. The lowest BCUT2D eigenvalue weighted by molar-refractivity contribution is -0.926. The first-order valence-corrected chi connectivity index (χ1v) is 13.6. The number of carbonyl (C=O) groups is 3. The van der Waals surface area contributed by atoms with Gasteiger partial charge in [0.15, 0.2) is 11.4 Å². The number of aromatic hydroxyl groups is 1. The molecule has 0 radical (unpaired) electrons. The molecule has 11 nitrogen and oxygen atoms in total. The van der Waals surface area contributed by atoms with E-state index in [0.29, 0.717) is 15.8 Å². The van der Waals surface area contributed by atoms with Gasteiger partial charge in [-0.1, -0.05) is 0 Å². The number of ketones is 2. The number of primary amides is 1. The van der Waals surface area contributed by atoms with Crippen LogP contribution in [0.2, 0.25) is 0 Å². The molecule has 0 aromatic heterocycles. The molecule has 1 saturated heterocycles. The Morgan fingerprint density at radius 3 is 2.42 bits per heavy atom. The highest BCUT2D eigenvalue weighted by Gasteiger charge is 2.64. The maximum Gasteiger partial charge on any atom is 0.255 e. The lowest BCUT2D eigenvalue weighted by atomic mass is 9.57. The summed E-state index contributed by atoms with van der Waals surface area (Å²) in [4.78, 5) is 40.9. The number of ether oxygens (including phenoxy) is 1. The van der Waals surface area contributed by atoms with Gasteiger partial charge in [-0.25, -0.2) is 0 Å². The normalized spacial score (nSPS) is 31.6. The highest BCUT2D eigenvalue weighted by Crippen LogP contribution is 2.55. The topological polar surface area (TPSA) is 171 Å². The standard InChI is InChI=1S/C29H37N3O8/c1-31(2)22-16-11-13-10-15-20(18(33)12-14(25(15)40-5)17-8-6-7-9-32(17,3)4)23(34)19(13)26(36)29(16,39)27(37)21(24(22)35)28(30)38/h12-13,16-17,22,39H,6-11H2,1-5H3,(H4-,30,33,34,35,36,37,38)/p+1. The molecular formula is C29H38N3O8+. The number of piperidine rings is 1. The van der Waals surface area contributed by atoms with Gasteiger partial charge >= 0.3 is 0 Å². The number of nitrogens with zero attached hydrogens (tertiary/aromatic N) is 2. The molecule has 1 heterocycles. The number of carbonyl (C=O) groups excluding carboxylic acids is 3. The Bertz CT molecular complexity index is 1390. The number of phenolic OH excluding ortho intramolecular Hbond substituents is 1. The Labute approximate surface area is 232 Å². The van der Waals surface area contributed by atoms with Gasteiger partial charge in [0.2, 0.25) is 5.78 Å². The van der Waals surface area contributed by atoms with E-state index in [1.165, 1.54) is 12.0 Å². The van der Waals surface area contributed by atoms with Gasteiger partial charge in [0.05, 0.1) is 44.9 Å². The van der Waals surface area contributed by atoms with Crippen molar-refractivity contribution in [3.8, 4) is 11.5 Å². The zero-order chi connectivity index (χ0) is 29.5. The maximum absolute atomic E-state index is 14.0. The van der Waals surface area contributed by atoms with Crippen LogP contribution in [0.4, 0.5) is 0 Å². The molecule has 5 atom stereocenters. The van der Waals surface area contributed by atoms with E-state index in [4.69, 9.17) is 10.5 Å². The Balaban J connectivity index is 1.72. The van der Waals surface area contributed by atoms with Gasteiger partial charge in [0.1, 0.15) is 34.6 Å². The van der Waals surface area contributed by atoms with Gasteiger partial charge in [0, 0.05) is 23.5 Å². The number of likely N-dealkylation sites (N-methyl/N-ethyl adjacent to an activating group) is 1. The first kappa shape index (κ1) is 28.1. The Morgan fingerprint density at radius 2 is 1.85 bits per heavy atom. The highest BCUT2D eigenvalue weighted by atomic mass is 16.5. The largest absolute Gasteiger partial charge is 0.508 e. The molecule has 6 N–H and O–H groups in total. The van der Waals surface area contributed by atoms with Crippen molar-refractivity contribution < 1.29 is 44.0 Å². The summed E-state index contributed by atoms with van der Waals surface area (Å²) < 4.78 is 6.62. The fraction of sp³-hybridized carbons (Fsp3) is 0.552. The molecule has 5 unspecified atom stereocenters. The first-order chi connectivity index (χ1) is 18.7. The number of phenols is 1. The molecule has 1 amide bonds. The summed E-state index contributed by atoms with van der Waals surface area (Å²) in [5.74, 6) is -6.14. The van der Waals surface area contributed by atoms with Crippen molar-refractivity contribution in [2.24, 2.45) is 17.6 Å². The van der Waals surface area contributed by atoms with Crippen LogP contribution in [0.5, 0.6) is 11.5 Å². The molecule has 0 spiro atoms. The second-order valence-electron chi connectivity index (χ2n) is 12.3. The molecule has 2 fully saturated rings. The van der Waals surface area contributed by atoms with E-state index in [1.54, 1.807) is 20.2 Å². The number of fused-ring (bicyclic) bond motifs is 3. The molecule has 4 aliphatic rings. The van der Waals surface area contributed by atoms with Gasteiger partial charge in [-0.3, -0.25) is 19.3 Å². The van der Waals surface area contributed by atoms with E-state index >= 15 is 0 Å². The molecule has 1 aliphatic heterocycles. The third kappa shape index (κ3) is 3.71. The highest BCUT2D eigenvalue weighted by molar-refractivity contribution is 6.24. The van der Waals surface area contributed by atoms with Gasteiger partial charge < -0.3 is 35.4 Å². The quantitative estimate of drug-likeness (QED) is 0.271. The summed E-state index contributed by atoms with van der Waals surface area (Å²) >= 11 is 0. The number of aliphatic hydroxyl groups excluding tert-OH is 2. The number of amides is 1. The van der Waals surface area contributed by atoms with Crippen LogP contribution in [-0.2, 0) is 20.8 Å². The SMILES string of the molecule is COc1c(C2CCCC[N+]2(C)C)cc(O)c2c1CC1CC3C(N(C)C)C(=O)C(C(N)=O)=C(O)C3(O)C(=O)C1=C2O. The number of likely N-dealkylation sites (tertiary alicyclic amines) is 1. The van der Waals surface area contributed by atoms with Crippen LogP contribution >= 0.6 is 0 Å². The second-order valence-corrected chi connectivity index (χ2v) is 12.3. The summed E-state index contributed by atoms with van der Waals surface area (Å²) in [5, 5.41) is 45.4. The van der Waals surface area contributed by atoms with E-state index in [9.17, 15) is 34.8 Å². The maximum atomic E-state index is 14.0. The molecule has 0 bridgehead atoms. The summed E-state index contributed by atoms with van der Waals surface area (Å²) in [6.07, 6.45) is 3.25. The van der Waals surface area contributed by atoms with Crippen LogP contribution in [-0.4, -0.2) is 101 Å². The van der Waals surface area contributed by atoms with Crippen molar-refractivity contribution in [2.75, 3.05) is 41.8 Å². The van der Waals surface area contributed by atoms with Crippen molar-refractivity contribution >= 4 is 23.2 Å². The number of methoxy groups -OCH3 is 1. The number of Topliss-reactive ketones (excluding diaryl/α,β-unsaturated/α-hetero) is 2. The zero-order valence-electron chi connectivity index (χ0n) is 23.5. The Hall–Kier alpha value is -3.41. The second kappa shape index (κ2) is 9.32. The van der Waals surface area contributed by atoms with E-state index in [-0.39, 0.29) is 35.8 Å². The van der Waals surface area contributed by atoms with E-state index < -0.39 is 58.0 Å². The molecule has 5 rings (SSSR count). The minimum atomic E-state index is -2.66.